The lowest BCUT2D eigenvalue weighted by molar-refractivity contribution is -0.139. The average Bonchev–Trinajstić information content (AvgIpc) is 2.42. The minimum absolute atomic E-state index is 0.367. The molecule has 1 aromatic rings. The molecule has 0 aliphatic heterocycles. The number of ether oxygens (including phenoxy) is 1. The zero-order valence-corrected chi connectivity index (χ0v) is 14.1. The van der Waals surface area contributed by atoms with Crippen molar-refractivity contribution in [3.05, 3.63) is 22.7 Å². The topological polar surface area (TPSA) is 87.7 Å². The van der Waals surface area contributed by atoms with Gasteiger partial charge in [0.1, 0.15) is 11.8 Å². The van der Waals surface area contributed by atoms with Crippen molar-refractivity contribution in [2.24, 2.45) is 0 Å². The first-order valence-electron chi connectivity index (χ1n) is 6.10. The van der Waals surface area contributed by atoms with Gasteiger partial charge in [-0.15, -0.1) is 0 Å². The van der Waals surface area contributed by atoms with E-state index in [0.717, 1.165) is 4.47 Å². The minimum atomic E-state index is -1.05. The van der Waals surface area contributed by atoms with Crippen molar-refractivity contribution >= 4 is 45.4 Å². The molecule has 2 amide bonds. The van der Waals surface area contributed by atoms with Crippen LogP contribution in [0.1, 0.15) is 6.42 Å². The maximum Gasteiger partial charge on any atom is 0.326 e. The Kier molecular flexibility index (Phi) is 7.38. The number of rotatable bonds is 7. The van der Waals surface area contributed by atoms with Crippen molar-refractivity contribution in [2.45, 2.75) is 12.5 Å². The molecule has 0 fully saturated rings. The molecular formula is C13H17BrN2O4S. The van der Waals surface area contributed by atoms with Gasteiger partial charge in [-0.25, -0.2) is 9.59 Å². The second-order valence-corrected chi connectivity index (χ2v) is 6.05. The third-order valence-electron chi connectivity index (χ3n) is 2.58. The standard InChI is InChI=1S/C13H17BrN2O4S/c1-20-10-6-8(14)5-9(7-10)15-13(19)16-11(12(17)18)3-4-21-2/h5-7,11H,3-4H2,1-2H3,(H,17,18)(H2,15,16,19)/t11-/m1/s1. The highest BCUT2D eigenvalue weighted by Crippen LogP contribution is 2.24. The van der Waals surface area contributed by atoms with Crippen LogP contribution in [0, 0.1) is 0 Å². The molecular weight excluding hydrogens is 360 g/mol. The highest BCUT2D eigenvalue weighted by atomic mass is 79.9. The predicted octanol–water partition coefficient (Wildman–Crippen LogP) is 2.79. The zero-order valence-electron chi connectivity index (χ0n) is 11.7. The van der Waals surface area contributed by atoms with E-state index in [1.807, 2.05) is 6.26 Å². The van der Waals surface area contributed by atoms with Crippen molar-refractivity contribution < 1.29 is 19.4 Å². The summed E-state index contributed by atoms with van der Waals surface area (Å²) in [7, 11) is 1.52. The highest BCUT2D eigenvalue weighted by Gasteiger charge is 2.19. The Labute approximate surface area is 135 Å². The van der Waals surface area contributed by atoms with Crippen molar-refractivity contribution in [3.63, 3.8) is 0 Å². The molecule has 0 unspecified atom stereocenters. The van der Waals surface area contributed by atoms with Gasteiger partial charge in [0, 0.05) is 16.2 Å². The van der Waals surface area contributed by atoms with Gasteiger partial charge in [0.15, 0.2) is 0 Å². The van der Waals surface area contributed by atoms with E-state index >= 15 is 0 Å². The van der Waals surface area contributed by atoms with Crippen LogP contribution < -0.4 is 15.4 Å². The molecule has 8 heteroatoms. The van der Waals surface area contributed by atoms with E-state index in [1.54, 1.807) is 18.2 Å². The third-order valence-corrected chi connectivity index (χ3v) is 3.68. The largest absolute Gasteiger partial charge is 0.497 e. The number of thioether (sulfide) groups is 1. The van der Waals surface area contributed by atoms with Gasteiger partial charge in [0.25, 0.3) is 0 Å². The van der Waals surface area contributed by atoms with E-state index < -0.39 is 18.0 Å². The second-order valence-electron chi connectivity index (χ2n) is 4.15. The number of nitrogens with one attached hydrogen (secondary N) is 2. The number of benzene rings is 1. The van der Waals surface area contributed by atoms with Crippen LogP contribution in [0.25, 0.3) is 0 Å². The smallest absolute Gasteiger partial charge is 0.326 e. The number of halogens is 1. The van der Waals surface area contributed by atoms with E-state index in [0.29, 0.717) is 23.6 Å². The maximum absolute atomic E-state index is 11.9. The molecule has 0 saturated carbocycles. The first-order valence-corrected chi connectivity index (χ1v) is 8.28. The number of methoxy groups -OCH3 is 1. The van der Waals surface area contributed by atoms with Crippen LogP contribution >= 0.6 is 27.7 Å². The zero-order chi connectivity index (χ0) is 15.8. The number of urea groups is 1. The summed E-state index contributed by atoms with van der Waals surface area (Å²) in [6.45, 7) is 0. The summed E-state index contributed by atoms with van der Waals surface area (Å²) < 4.78 is 5.84. The van der Waals surface area contributed by atoms with Gasteiger partial charge in [0.2, 0.25) is 0 Å². The van der Waals surface area contributed by atoms with Crippen LogP contribution in [-0.4, -0.2) is 42.3 Å². The molecule has 1 aromatic carbocycles. The summed E-state index contributed by atoms with van der Waals surface area (Å²) >= 11 is 4.83. The summed E-state index contributed by atoms with van der Waals surface area (Å²) in [5.41, 5.74) is 0.507. The number of hydrogen-bond donors (Lipinski definition) is 3. The van der Waals surface area contributed by atoms with Crippen LogP contribution in [0.3, 0.4) is 0 Å². The van der Waals surface area contributed by atoms with Crippen molar-refractivity contribution in [3.8, 4) is 5.75 Å². The van der Waals surface area contributed by atoms with E-state index in [4.69, 9.17) is 9.84 Å². The van der Waals surface area contributed by atoms with E-state index in [-0.39, 0.29) is 0 Å². The minimum Gasteiger partial charge on any atom is -0.497 e. The number of carbonyl (C=O) groups is 2. The average molecular weight is 377 g/mol. The Morgan fingerprint density at radius 2 is 2.14 bits per heavy atom. The number of hydrogen-bond acceptors (Lipinski definition) is 4. The normalized spacial score (nSPS) is 11.6. The Bertz CT molecular complexity index is 513. The van der Waals surface area contributed by atoms with Crippen molar-refractivity contribution in [1.82, 2.24) is 5.32 Å². The lowest BCUT2D eigenvalue weighted by atomic mass is 10.2. The van der Waals surface area contributed by atoms with Gasteiger partial charge >= 0.3 is 12.0 Å². The van der Waals surface area contributed by atoms with Gasteiger partial charge in [-0.2, -0.15) is 11.8 Å². The maximum atomic E-state index is 11.9. The fourth-order valence-corrected chi connectivity index (χ4v) is 2.51. The summed E-state index contributed by atoms with van der Waals surface area (Å²) in [5.74, 6) is 0.185. The predicted molar refractivity (Wildman–Crippen MR) is 87.3 cm³/mol. The summed E-state index contributed by atoms with van der Waals surface area (Å²) in [6.07, 6.45) is 2.25. The molecule has 0 spiro atoms. The van der Waals surface area contributed by atoms with Crippen LogP contribution in [0.5, 0.6) is 5.75 Å². The van der Waals surface area contributed by atoms with E-state index in [2.05, 4.69) is 26.6 Å². The Balaban J connectivity index is 2.67. The highest BCUT2D eigenvalue weighted by molar-refractivity contribution is 9.10. The number of carboxylic acid groups (broad SMARTS) is 1. The van der Waals surface area contributed by atoms with Crippen molar-refractivity contribution in [1.29, 1.82) is 0 Å². The van der Waals surface area contributed by atoms with Crippen LogP contribution in [0.4, 0.5) is 10.5 Å². The fraction of sp³-hybridized carbons (Fsp3) is 0.385. The molecule has 0 aromatic heterocycles. The molecule has 1 rings (SSSR count). The van der Waals surface area contributed by atoms with Gasteiger partial charge < -0.3 is 20.5 Å². The van der Waals surface area contributed by atoms with Crippen LogP contribution in [0.15, 0.2) is 22.7 Å². The lowest BCUT2D eigenvalue weighted by Gasteiger charge is -2.15. The van der Waals surface area contributed by atoms with Crippen molar-refractivity contribution in [2.75, 3.05) is 24.4 Å². The summed E-state index contributed by atoms with van der Waals surface area (Å²) in [5, 5.41) is 14.1. The van der Waals surface area contributed by atoms with Gasteiger partial charge in [0.05, 0.1) is 7.11 Å². The molecule has 0 radical (unpaired) electrons. The summed E-state index contributed by atoms with van der Waals surface area (Å²) in [6, 6.07) is 3.61. The van der Waals surface area contributed by atoms with Gasteiger partial charge in [-0.1, -0.05) is 15.9 Å². The third kappa shape index (κ3) is 6.26. The first kappa shape index (κ1) is 17.6. The Hall–Kier alpha value is -1.41. The molecule has 3 N–H and O–H groups in total. The lowest BCUT2D eigenvalue weighted by Crippen LogP contribution is -2.43. The number of anilines is 1. The molecule has 0 saturated heterocycles. The fourth-order valence-electron chi connectivity index (χ4n) is 1.57. The number of aliphatic carboxylic acids is 1. The van der Waals surface area contributed by atoms with Gasteiger partial charge in [-0.3, -0.25) is 0 Å². The first-order chi connectivity index (χ1) is 9.96. The van der Waals surface area contributed by atoms with E-state index in [1.165, 1.54) is 18.9 Å². The molecule has 6 nitrogen and oxygen atoms in total. The molecule has 0 aliphatic rings. The molecule has 0 heterocycles. The molecule has 21 heavy (non-hydrogen) atoms. The Morgan fingerprint density at radius 3 is 2.71 bits per heavy atom. The van der Waals surface area contributed by atoms with E-state index in [9.17, 15) is 9.59 Å². The van der Waals surface area contributed by atoms with Gasteiger partial charge in [-0.05, 0) is 30.6 Å². The monoisotopic (exact) mass is 376 g/mol. The Morgan fingerprint density at radius 1 is 1.43 bits per heavy atom. The SMILES string of the molecule is COc1cc(Br)cc(NC(=O)N[C@H](CCSC)C(=O)O)c1. The number of carboxylic acids is 1. The summed E-state index contributed by atoms with van der Waals surface area (Å²) in [4.78, 5) is 22.9. The number of amides is 2. The quantitative estimate of drug-likeness (QED) is 0.680. The van der Waals surface area contributed by atoms with Crippen LogP contribution in [0.2, 0.25) is 0 Å². The molecule has 0 bridgehead atoms. The molecule has 0 aliphatic carbocycles. The van der Waals surface area contributed by atoms with Crippen LogP contribution in [-0.2, 0) is 4.79 Å². The molecule has 116 valence electrons. The number of carbonyl (C=O) groups excluding carboxylic acids is 1. The second kappa shape index (κ2) is 8.78. The molecule has 1 atom stereocenters.